The van der Waals surface area contributed by atoms with E-state index in [4.69, 9.17) is 11.6 Å². The Morgan fingerprint density at radius 1 is 0.783 bits per heavy atom. The van der Waals surface area contributed by atoms with Gasteiger partial charge in [0.2, 0.25) is 0 Å². The number of hydrogen-bond donors (Lipinski definition) is 0. The van der Waals surface area contributed by atoms with Crippen molar-refractivity contribution in [2.45, 2.75) is 25.7 Å². The van der Waals surface area contributed by atoms with Crippen molar-refractivity contribution in [3.63, 3.8) is 0 Å². The number of anilines is 2. The highest BCUT2D eigenvalue weighted by atomic mass is 35.5. The molecule has 0 aromatic carbocycles. The van der Waals surface area contributed by atoms with Crippen LogP contribution in [0.1, 0.15) is 25.7 Å². The van der Waals surface area contributed by atoms with Gasteiger partial charge in [-0.3, -0.25) is 4.98 Å². The summed E-state index contributed by atoms with van der Waals surface area (Å²) < 4.78 is 0. The maximum absolute atomic E-state index is 6.27. The Kier molecular flexibility index (Phi) is 4.08. The van der Waals surface area contributed by atoms with Crippen molar-refractivity contribution < 1.29 is 0 Å². The molecule has 5 heteroatoms. The number of pyridine rings is 2. The molecule has 0 unspecified atom stereocenters. The molecule has 0 spiro atoms. The normalized spacial score (nSPS) is 18.0. The zero-order valence-electron chi connectivity index (χ0n) is 13.2. The van der Waals surface area contributed by atoms with Gasteiger partial charge in [-0.1, -0.05) is 11.6 Å². The summed E-state index contributed by atoms with van der Waals surface area (Å²) in [7, 11) is 0. The highest BCUT2D eigenvalue weighted by Gasteiger charge is 2.17. The fourth-order valence-electron chi connectivity index (χ4n) is 3.50. The van der Waals surface area contributed by atoms with Crippen molar-refractivity contribution >= 4 is 23.0 Å². The Labute approximate surface area is 142 Å². The van der Waals surface area contributed by atoms with Crippen LogP contribution in [0.5, 0.6) is 0 Å². The van der Waals surface area contributed by atoms with Crippen LogP contribution in [-0.4, -0.2) is 36.1 Å². The first-order valence-electron chi connectivity index (χ1n) is 8.43. The van der Waals surface area contributed by atoms with Gasteiger partial charge >= 0.3 is 0 Å². The number of rotatable bonds is 3. The van der Waals surface area contributed by atoms with E-state index in [2.05, 4.69) is 38.0 Å². The fourth-order valence-corrected chi connectivity index (χ4v) is 3.71. The largest absolute Gasteiger partial charge is 0.371 e. The molecule has 0 aliphatic carbocycles. The molecule has 2 saturated heterocycles. The van der Waals surface area contributed by atoms with Crippen LogP contribution in [-0.2, 0) is 0 Å². The zero-order valence-corrected chi connectivity index (χ0v) is 14.0. The Balaban J connectivity index is 1.68. The minimum Gasteiger partial charge on any atom is -0.371 e. The molecule has 2 aliphatic rings. The van der Waals surface area contributed by atoms with E-state index in [1.165, 1.54) is 31.4 Å². The smallest absolute Gasteiger partial charge is 0.131 e. The maximum Gasteiger partial charge on any atom is 0.131 e. The molecule has 23 heavy (non-hydrogen) atoms. The Morgan fingerprint density at radius 3 is 2.09 bits per heavy atom. The van der Waals surface area contributed by atoms with Crippen LogP contribution in [0.3, 0.4) is 0 Å². The minimum atomic E-state index is 0.540. The molecule has 0 radical (unpaired) electrons. The predicted octanol–water partition coefficient (Wildman–Crippen LogP) is 4.00. The summed E-state index contributed by atoms with van der Waals surface area (Å²) in [5.41, 5.74) is 4.15. The molecule has 0 bridgehead atoms. The lowest BCUT2D eigenvalue weighted by atomic mass is 10.2. The summed E-state index contributed by atoms with van der Waals surface area (Å²) in [6, 6.07) is 8.30. The van der Waals surface area contributed by atoms with Crippen LogP contribution in [0.4, 0.5) is 11.4 Å². The Morgan fingerprint density at radius 2 is 1.39 bits per heavy atom. The third-order valence-electron chi connectivity index (χ3n) is 4.73. The van der Waals surface area contributed by atoms with Gasteiger partial charge in [-0.05, 0) is 49.9 Å². The van der Waals surface area contributed by atoms with E-state index in [1.54, 1.807) is 0 Å². The molecule has 4 nitrogen and oxygen atoms in total. The summed E-state index contributed by atoms with van der Waals surface area (Å²) >= 11 is 6.27. The van der Waals surface area contributed by atoms with E-state index in [0.29, 0.717) is 5.15 Å². The van der Waals surface area contributed by atoms with Crippen LogP contribution in [0.2, 0.25) is 5.15 Å². The lowest BCUT2D eigenvalue weighted by Crippen LogP contribution is -2.18. The average Bonchev–Trinajstić information content (AvgIpc) is 3.28. The van der Waals surface area contributed by atoms with E-state index in [1.807, 2.05) is 12.3 Å². The molecule has 2 aromatic rings. The van der Waals surface area contributed by atoms with Gasteiger partial charge in [-0.25, -0.2) is 4.98 Å². The molecule has 4 heterocycles. The molecular weight excluding hydrogens is 308 g/mol. The van der Waals surface area contributed by atoms with Crippen molar-refractivity contribution in [2.24, 2.45) is 0 Å². The molecule has 120 valence electrons. The van der Waals surface area contributed by atoms with E-state index in [9.17, 15) is 0 Å². The molecule has 0 atom stereocenters. The molecule has 4 rings (SSSR count). The second-order valence-electron chi connectivity index (χ2n) is 6.32. The fraction of sp³-hybridized carbons (Fsp3) is 0.444. The summed E-state index contributed by atoms with van der Waals surface area (Å²) in [6.45, 7) is 4.46. The number of hydrogen-bond acceptors (Lipinski definition) is 4. The zero-order chi connectivity index (χ0) is 15.6. The van der Waals surface area contributed by atoms with Crippen molar-refractivity contribution in [3.05, 3.63) is 35.6 Å². The highest BCUT2D eigenvalue weighted by molar-refractivity contribution is 6.29. The van der Waals surface area contributed by atoms with Crippen LogP contribution in [0, 0.1) is 0 Å². The number of halogens is 1. The minimum absolute atomic E-state index is 0.540. The summed E-state index contributed by atoms with van der Waals surface area (Å²) in [5.74, 6) is 0. The maximum atomic E-state index is 6.27. The average molecular weight is 329 g/mol. The molecular formula is C18H21ClN4. The first-order chi connectivity index (χ1) is 11.3. The van der Waals surface area contributed by atoms with E-state index < -0.39 is 0 Å². The topological polar surface area (TPSA) is 32.3 Å². The van der Waals surface area contributed by atoms with Crippen molar-refractivity contribution in [3.8, 4) is 11.4 Å². The number of nitrogens with zero attached hydrogens (tertiary/aromatic N) is 4. The van der Waals surface area contributed by atoms with Crippen molar-refractivity contribution in [2.75, 3.05) is 36.0 Å². The van der Waals surface area contributed by atoms with Crippen LogP contribution in [0.15, 0.2) is 30.5 Å². The summed E-state index contributed by atoms with van der Waals surface area (Å²) in [5, 5.41) is 0.540. The van der Waals surface area contributed by atoms with E-state index in [0.717, 1.165) is 43.3 Å². The van der Waals surface area contributed by atoms with Crippen LogP contribution in [0.25, 0.3) is 11.4 Å². The molecule has 0 N–H and O–H groups in total. The first-order valence-corrected chi connectivity index (χ1v) is 8.81. The van der Waals surface area contributed by atoms with Gasteiger partial charge < -0.3 is 9.80 Å². The number of aromatic nitrogens is 2. The van der Waals surface area contributed by atoms with E-state index in [-0.39, 0.29) is 0 Å². The first kappa shape index (κ1) is 14.8. The Hall–Kier alpha value is -1.81. The quantitative estimate of drug-likeness (QED) is 0.797. The van der Waals surface area contributed by atoms with Crippen LogP contribution < -0.4 is 9.80 Å². The SMILES string of the molecule is Clc1cc(N2CCCC2)cc(-c2cc(N3CCCC3)ccn2)n1. The van der Waals surface area contributed by atoms with Crippen molar-refractivity contribution in [1.82, 2.24) is 9.97 Å². The molecule has 2 aliphatic heterocycles. The standard InChI is InChI=1S/C18H21ClN4/c19-18-13-15(23-9-3-4-10-23)12-17(21-18)16-11-14(5-6-20-16)22-7-1-2-8-22/h5-6,11-13H,1-4,7-10H2. The van der Waals surface area contributed by atoms with Gasteiger partial charge in [-0.15, -0.1) is 0 Å². The molecule has 0 amide bonds. The van der Waals surface area contributed by atoms with Gasteiger partial charge in [0.05, 0.1) is 11.4 Å². The van der Waals surface area contributed by atoms with Gasteiger partial charge in [0.1, 0.15) is 5.15 Å². The monoisotopic (exact) mass is 328 g/mol. The van der Waals surface area contributed by atoms with Gasteiger partial charge in [-0.2, -0.15) is 0 Å². The molecule has 2 aromatic heterocycles. The van der Waals surface area contributed by atoms with Gasteiger partial charge in [0.25, 0.3) is 0 Å². The molecule has 2 fully saturated rings. The predicted molar refractivity (Wildman–Crippen MR) is 95.4 cm³/mol. The highest BCUT2D eigenvalue weighted by Crippen LogP contribution is 2.29. The third kappa shape index (κ3) is 3.13. The summed E-state index contributed by atoms with van der Waals surface area (Å²) in [6.07, 6.45) is 6.91. The van der Waals surface area contributed by atoms with Gasteiger partial charge in [0, 0.05) is 43.8 Å². The van der Waals surface area contributed by atoms with E-state index >= 15 is 0 Å². The van der Waals surface area contributed by atoms with Gasteiger partial charge in [0.15, 0.2) is 0 Å². The second kappa shape index (κ2) is 6.36. The van der Waals surface area contributed by atoms with Crippen molar-refractivity contribution in [1.29, 1.82) is 0 Å². The second-order valence-corrected chi connectivity index (χ2v) is 6.71. The Bertz CT molecular complexity index is 691. The molecule has 0 saturated carbocycles. The van der Waals surface area contributed by atoms with Crippen LogP contribution >= 0.6 is 11.6 Å². The third-order valence-corrected chi connectivity index (χ3v) is 4.92. The lowest BCUT2D eigenvalue weighted by Gasteiger charge is -2.19. The lowest BCUT2D eigenvalue weighted by molar-refractivity contribution is 0.949. The summed E-state index contributed by atoms with van der Waals surface area (Å²) in [4.78, 5) is 13.8.